The Balaban J connectivity index is 2.60. The van der Waals surface area contributed by atoms with E-state index in [1.807, 2.05) is 0 Å². The molecule has 9 heavy (non-hydrogen) atoms. The summed E-state index contributed by atoms with van der Waals surface area (Å²) in [6.07, 6.45) is 2.03. The molecule has 0 heterocycles. The third-order valence-corrected chi connectivity index (χ3v) is 0.891. The van der Waals surface area contributed by atoms with E-state index in [1.165, 1.54) is 0 Å². The average molecular weight is 132 g/mol. The van der Waals surface area contributed by atoms with E-state index in [0.29, 0.717) is 0 Å². The van der Waals surface area contributed by atoms with Crippen LogP contribution in [0.1, 0.15) is 19.8 Å². The van der Waals surface area contributed by atoms with Gasteiger partial charge in [-0.2, -0.15) is 0 Å². The molecule has 0 aromatic carbocycles. The maximum Gasteiger partial charge on any atom is 0.0679 e. The van der Waals surface area contributed by atoms with Crippen LogP contribution < -0.4 is 11.2 Å². The molecule has 0 spiro atoms. The first-order valence-corrected chi connectivity index (χ1v) is 3.46. The molecule has 0 atom stereocenters. The molecule has 0 aromatic rings. The molecule has 0 aliphatic carbocycles. The lowest BCUT2D eigenvalue weighted by atomic mass is 10.4. The normalized spacial score (nSPS) is 10.0. The molecule has 0 bridgehead atoms. The van der Waals surface area contributed by atoms with Crippen molar-refractivity contribution >= 4 is 0 Å². The summed E-state index contributed by atoms with van der Waals surface area (Å²) in [6.45, 7) is 4.44. The Kier molecular flexibility index (Phi) is 7.77. The van der Waals surface area contributed by atoms with Gasteiger partial charge in [0.15, 0.2) is 0 Å². The summed E-state index contributed by atoms with van der Waals surface area (Å²) >= 11 is 0. The standard InChI is InChI=1S/C6H16N2O/c1-2-6-9-8-5-3-4-7/h8H,2-7H2,1H3. The van der Waals surface area contributed by atoms with Gasteiger partial charge in [0, 0.05) is 6.54 Å². The van der Waals surface area contributed by atoms with Gasteiger partial charge in [-0.1, -0.05) is 6.92 Å². The fourth-order valence-corrected chi connectivity index (χ4v) is 0.421. The second-order valence-corrected chi connectivity index (χ2v) is 1.89. The molecule has 0 saturated heterocycles. The number of hydroxylamine groups is 1. The Hall–Kier alpha value is -0.120. The van der Waals surface area contributed by atoms with Gasteiger partial charge in [0.25, 0.3) is 0 Å². The first kappa shape index (κ1) is 8.88. The van der Waals surface area contributed by atoms with E-state index in [1.54, 1.807) is 0 Å². The zero-order valence-corrected chi connectivity index (χ0v) is 6.02. The summed E-state index contributed by atoms with van der Waals surface area (Å²) in [5.74, 6) is 0. The van der Waals surface area contributed by atoms with Crippen molar-refractivity contribution in [1.82, 2.24) is 5.48 Å². The minimum atomic E-state index is 0.725. The van der Waals surface area contributed by atoms with Gasteiger partial charge in [0.05, 0.1) is 6.61 Å². The largest absolute Gasteiger partial charge is 0.330 e. The fourth-order valence-electron chi connectivity index (χ4n) is 0.421. The highest BCUT2D eigenvalue weighted by Crippen LogP contribution is 1.75. The fraction of sp³-hybridized carbons (Fsp3) is 1.00. The minimum absolute atomic E-state index is 0.725. The number of nitrogens with two attached hydrogens (primary N) is 1. The van der Waals surface area contributed by atoms with E-state index < -0.39 is 0 Å². The number of nitrogens with one attached hydrogen (secondary N) is 1. The highest BCUT2D eigenvalue weighted by molar-refractivity contribution is 4.37. The summed E-state index contributed by atoms with van der Waals surface area (Å²) in [6, 6.07) is 0. The van der Waals surface area contributed by atoms with Crippen LogP contribution in [-0.2, 0) is 4.84 Å². The number of hydrogen-bond donors (Lipinski definition) is 2. The lowest BCUT2D eigenvalue weighted by Gasteiger charge is -2.01. The van der Waals surface area contributed by atoms with Gasteiger partial charge in [0.2, 0.25) is 0 Å². The Morgan fingerprint density at radius 1 is 1.56 bits per heavy atom. The van der Waals surface area contributed by atoms with Crippen LogP contribution >= 0.6 is 0 Å². The smallest absolute Gasteiger partial charge is 0.0679 e. The van der Waals surface area contributed by atoms with Crippen molar-refractivity contribution in [3.05, 3.63) is 0 Å². The van der Waals surface area contributed by atoms with Crippen LogP contribution in [0.15, 0.2) is 0 Å². The molecule has 0 rings (SSSR count). The van der Waals surface area contributed by atoms with Gasteiger partial charge in [-0.15, -0.1) is 0 Å². The first-order valence-electron chi connectivity index (χ1n) is 3.46. The van der Waals surface area contributed by atoms with Crippen molar-refractivity contribution in [3.8, 4) is 0 Å². The summed E-state index contributed by atoms with van der Waals surface area (Å²) < 4.78 is 0. The molecule has 0 amide bonds. The molecule has 0 unspecified atom stereocenters. The topological polar surface area (TPSA) is 47.3 Å². The summed E-state index contributed by atoms with van der Waals surface area (Å²) in [5, 5.41) is 0. The molecule has 0 aliphatic rings. The zero-order valence-electron chi connectivity index (χ0n) is 6.02. The average Bonchev–Trinajstić information content (AvgIpc) is 1.89. The van der Waals surface area contributed by atoms with Crippen LogP contribution in [0, 0.1) is 0 Å². The second kappa shape index (κ2) is 7.88. The van der Waals surface area contributed by atoms with Gasteiger partial charge < -0.3 is 10.6 Å². The van der Waals surface area contributed by atoms with Gasteiger partial charge in [-0.25, -0.2) is 5.48 Å². The van der Waals surface area contributed by atoms with Crippen molar-refractivity contribution in [2.24, 2.45) is 5.73 Å². The Bertz CT molecular complexity index is 44.3. The molecule has 0 saturated carbocycles. The van der Waals surface area contributed by atoms with E-state index in [0.717, 1.165) is 32.5 Å². The van der Waals surface area contributed by atoms with E-state index in [4.69, 9.17) is 10.6 Å². The molecule has 0 aliphatic heterocycles. The third kappa shape index (κ3) is 7.88. The number of hydrogen-bond acceptors (Lipinski definition) is 3. The quantitative estimate of drug-likeness (QED) is 0.403. The van der Waals surface area contributed by atoms with Crippen LogP contribution in [0.3, 0.4) is 0 Å². The summed E-state index contributed by atoms with van der Waals surface area (Å²) in [7, 11) is 0. The van der Waals surface area contributed by atoms with E-state index in [9.17, 15) is 0 Å². The van der Waals surface area contributed by atoms with Crippen molar-refractivity contribution in [2.45, 2.75) is 19.8 Å². The Labute approximate surface area is 56.5 Å². The zero-order chi connectivity index (χ0) is 6.95. The van der Waals surface area contributed by atoms with Crippen molar-refractivity contribution < 1.29 is 4.84 Å². The Morgan fingerprint density at radius 2 is 2.33 bits per heavy atom. The van der Waals surface area contributed by atoms with Crippen molar-refractivity contribution in [3.63, 3.8) is 0 Å². The molecular weight excluding hydrogens is 116 g/mol. The van der Waals surface area contributed by atoms with E-state index in [-0.39, 0.29) is 0 Å². The van der Waals surface area contributed by atoms with E-state index in [2.05, 4.69) is 12.4 Å². The Morgan fingerprint density at radius 3 is 2.89 bits per heavy atom. The molecule has 3 N–H and O–H groups in total. The van der Waals surface area contributed by atoms with Gasteiger partial charge in [-0.3, -0.25) is 0 Å². The maximum atomic E-state index is 5.25. The van der Waals surface area contributed by atoms with Crippen LogP contribution in [0.2, 0.25) is 0 Å². The van der Waals surface area contributed by atoms with Crippen molar-refractivity contribution in [1.29, 1.82) is 0 Å². The third-order valence-electron chi connectivity index (χ3n) is 0.891. The predicted octanol–water partition coefficient (Wildman–Crippen LogP) is 0.266. The lowest BCUT2D eigenvalue weighted by Crippen LogP contribution is -2.18. The van der Waals surface area contributed by atoms with Gasteiger partial charge in [-0.05, 0) is 19.4 Å². The molecule has 0 fully saturated rings. The molecule has 0 aromatic heterocycles. The van der Waals surface area contributed by atoms with Crippen LogP contribution in [0.5, 0.6) is 0 Å². The predicted molar refractivity (Wildman–Crippen MR) is 37.9 cm³/mol. The van der Waals surface area contributed by atoms with Crippen LogP contribution in [0.25, 0.3) is 0 Å². The van der Waals surface area contributed by atoms with E-state index >= 15 is 0 Å². The van der Waals surface area contributed by atoms with Gasteiger partial charge in [0.1, 0.15) is 0 Å². The molecule has 3 nitrogen and oxygen atoms in total. The molecule has 56 valence electrons. The second-order valence-electron chi connectivity index (χ2n) is 1.89. The van der Waals surface area contributed by atoms with Gasteiger partial charge >= 0.3 is 0 Å². The maximum absolute atomic E-state index is 5.25. The SMILES string of the molecule is CCCONCCCN. The highest BCUT2D eigenvalue weighted by atomic mass is 16.6. The number of rotatable bonds is 6. The molecule has 3 heteroatoms. The summed E-state index contributed by atoms with van der Waals surface area (Å²) in [5.41, 5.74) is 8.05. The summed E-state index contributed by atoms with van der Waals surface area (Å²) in [4.78, 5) is 4.98. The van der Waals surface area contributed by atoms with Crippen LogP contribution in [-0.4, -0.2) is 19.7 Å². The monoisotopic (exact) mass is 132 g/mol. The highest BCUT2D eigenvalue weighted by Gasteiger charge is 1.82. The van der Waals surface area contributed by atoms with Crippen LogP contribution in [0.4, 0.5) is 0 Å². The van der Waals surface area contributed by atoms with Crippen molar-refractivity contribution in [2.75, 3.05) is 19.7 Å². The lowest BCUT2D eigenvalue weighted by molar-refractivity contribution is 0.0415. The molecule has 0 radical (unpaired) electrons. The molecular formula is C6H16N2O. The first-order chi connectivity index (χ1) is 4.41. The minimum Gasteiger partial charge on any atom is -0.330 e.